The van der Waals surface area contributed by atoms with Crippen LogP contribution in [0.1, 0.15) is 34.6 Å². The predicted octanol–water partition coefficient (Wildman–Crippen LogP) is 4.35. The predicted molar refractivity (Wildman–Crippen MR) is 159 cm³/mol. The maximum atomic E-state index is 15.6. The first kappa shape index (κ1) is 31.9. The molecule has 238 valence electrons. The molecule has 0 aliphatic carbocycles. The van der Waals surface area contributed by atoms with E-state index in [1.165, 1.54) is 48.5 Å². The summed E-state index contributed by atoms with van der Waals surface area (Å²) in [6.45, 7) is 2.17. The van der Waals surface area contributed by atoms with Crippen molar-refractivity contribution < 1.29 is 41.3 Å². The summed E-state index contributed by atoms with van der Waals surface area (Å²) in [6.07, 6.45) is 2.54. The van der Waals surface area contributed by atoms with Gasteiger partial charge in [-0.1, -0.05) is 0 Å². The number of carbonyl (C=O) groups excluding carboxylic acids is 1. The van der Waals surface area contributed by atoms with Crippen molar-refractivity contribution in [3.05, 3.63) is 89.2 Å². The zero-order valence-electron chi connectivity index (χ0n) is 24.3. The number of nitrogens with one attached hydrogen (secondary N) is 1. The van der Waals surface area contributed by atoms with Crippen molar-refractivity contribution in [3.8, 4) is 28.9 Å². The summed E-state index contributed by atoms with van der Waals surface area (Å²) in [4.78, 5) is 25.4. The number of ether oxygens (including phenoxy) is 3. The molecule has 1 aliphatic heterocycles. The van der Waals surface area contributed by atoms with Crippen LogP contribution in [0, 0.1) is 17.0 Å². The first-order chi connectivity index (χ1) is 21.9. The summed E-state index contributed by atoms with van der Waals surface area (Å²) in [5.41, 5.74) is 5.87. The highest BCUT2D eigenvalue weighted by atomic mass is 32.2. The number of rotatable bonds is 10. The third-order valence-electron chi connectivity index (χ3n) is 6.71. The van der Waals surface area contributed by atoms with Crippen molar-refractivity contribution in [2.24, 2.45) is 10.7 Å². The summed E-state index contributed by atoms with van der Waals surface area (Å²) in [5.74, 6) is -6.13. The van der Waals surface area contributed by atoms with Gasteiger partial charge in [0.2, 0.25) is 21.4 Å². The first-order valence-corrected chi connectivity index (χ1v) is 15.0. The number of phenolic OH excluding ortho intramolecular Hbond substituents is 1. The van der Waals surface area contributed by atoms with Gasteiger partial charge >= 0.3 is 5.97 Å². The molecular formula is C30H26F2N6O7S. The number of amidine groups is 1. The Morgan fingerprint density at radius 2 is 1.83 bits per heavy atom. The number of hydrogen-bond donors (Lipinski definition) is 3. The van der Waals surface area contributed by atoms with Crippen LogP contribution in [0.5, 0.6) is 28.9 Å². The van der Waals surface area contributed by atoms with Gasteiger partial charge in [0.25, 0.3) is 5.88 Å². The van der Waals surface area contributed by atoms with Crippen molar-refractivity contribution in [3.63, 3.8) is 0 Å². The molecule has 0 fully saturated rings. The Morgan fingerprint density at radius 1 is 1.07 bits per heavy atom. The Balaban J connectivity index is 1.52. The minimum absolute atomic E-state index is 0.0682. The van der Waals surface area contributed by atoms with E-state index in [1.807, 2.05) is 0 Å². The average Bonchev–Trinajstić information content (AvgIpc) is 3.47. The van der Waals surface area contributed by atoms with E-state index in [-0.39, 0.29) is 50.6 Å². The lowest BCUT2D eigenvalue weighted by molar-refractivity contribution is 0.0525. The van der Waals surface area contributed by atoms with Crippen LogP contribution in [0.2, 0.25) is 0 Å². The van der Waals surface area contributed by atoms with Crippen LogP contribution in [-0.4, -0.2) is 66.6 Å². The molecule has 0 saturated carbocycles. The molecule has 0 saturated heterocycles. The number of aromatic nitrogens is 2. The maximum Gasteiger partial charge on any atom is 0.339 e. The number of pyridine rings is 2. The summed E-state index contributed by atoms with van der Waals surface area (Å²) >= 11 is 0. The molecule has 0 radical (unpaired) electrons. The van der Waals surface area contributed by atoms with Crippen molar-refractivity contribution in [1.82, 2.24) is 14.9 Å². The Morgan fingerprint density at radius 3 is 2.48 bits per heavy atom. The van der Waals surface area contributed by atoms with E-state index in [1.54, 1.807) is 25.1 Å². The molecule has 13 nitrogen and oxygen atoms in total. The molecule has 3 heterocycles. The second-order valence-electron chi connectivity index (χ2n) is 9.81. The Hall–Kier alpha value is -5.48. The van der Waals surface area contributed by atoms with Crippen molar-refractivity contribution >= 4 is 27.9 Å². The van der Waals surface area contributed by atoms with E-state index in [4.69, 9.17) is 25.4 Å². The van der Waals surface area contributed by atoms with E-state index in [0.717, 1.165) is 6.20 Å². The summed E-state index contributed by atoms with van der Waals surface area (Å²) in [7, 11) is -2.53. The van der Waals surface area contributed by atoms with E-state index >= 15 is 4.39 Å². The van der Waals surface area contributed by atoms with Gasteiger partial charge < -0.3 is 25.1 Å². The number of aliphatic imine (C=N–C) groups is 1. The zero-order valence-corrected chi connectivity index (χ0v) is 25.1. The van der Waals surface area contributed by atoms with Gasteiger partial charge in [-0.05, 0) is 62.5 Å². The van der Waals surface area contributed by atoms with E-state index in [0.29, 0.717) is 12.7 Å². The number of aromatic hydroxyl groups is 1. The number of halogens is 2. The standard InChI is InChI=1S/C30H26F2N6O7S/c1-3-43-30(40)17-5-9-24(36-14-17)46(41,42)18-6-8-22(19(13-18)28-35-10-11-38(28)2)44-26-20(31)15-37-29(25(26)32)45-23-12-16(27(33)34)4-7-21(23)39/h4-10,12-15,28,39H,3,11H2,1-2H3,(H3,33,34). The van der Waals surface area contributed by atoms with Crippen LogP contribution in [0.4, 0.5) is 8.78 Å². The molecule has 1 atom stereocenters. The molecule has 4 N–H and O–H groups in total. The summed E-state index contributed by atoms with van der Waals surface area (Å²) in [5, 5.41) is 17.4. The fraction of sp³-hybridized carbons (Fsp3) is 0.167. The van der Waals surface area contributed by atoms with Crippen molar-refractivity contribution in [2.45, 2.75) is 23.0 Å². The fourth-order valence-electron chi connectivity index (χ4n) is 4.37. The van der Waals surface area contributed by atoms with Gasteiger partial charge in [-0.15, -0.1) is 0 Å². The highest BCUT2D eigenvalue weighted by molar-refractivity contribution is 7.91. The van der Waals surface area contributed by atoms with Crippen LogP contribution in [0.15, 0.2) is 75.8 Å². The van der Waals surface area contributed by atoms with Crippen molar-refractivity contribution in [2.75, 3.05) is 20.2 Å². The van der Waals surface area contributed by atoms with Gasteiger partial charge in [-0.3, -0.25) is 15.3 Å². The third kappa shape index (κ3) is 6.33. The lowest BCUT2D eigenvalue weighted by Gasteiger charge is -2.22. The average molecular weight is 653 g/mol. The van der Waals surface area contributed by atoms with E-state index in [9.17, 15) is 22.7 Å². The number of carbonyl (C=O) groups is 1. The molecule has 1 aliphatic rings. The molecule has 0 spiro atoms. The van der Waals surface area contributed by atoms with Crippen LogP contribution >= 0.6 is 0 Å². The lowest BCUT2D eigenvalue weighted by Crippen LogP contribution is -2.20. The topological polar surface area (TPSA) is 190 Å². The van der Waals surface area contributed by atoms with Crippen LogP contribution in [0.25, 0.3) is 0 Å². The maximum absolute atomic E-state index is 15.6. The number of nitrogen functional groups attached to an aromatic ring is 1. The minimum atomic E-state index is -4.24. The van der Waals surface area contributed by atoms with E-state index in [2.05, 4.69) is 15.0 Å². The molecule has 2 aromatic carbocycles. The summed E-state index contributed by atoms with van der Waals surface area (Å²) in [6, 6.07) is 9.79. The van der Waals surface area contributed by atoms with Gasteiger partial charge in [0.05, 0.1) is 23.3 Å². The molecule has 16 heteroatoms. The molecule has 0 amide bonds. The van der Waals surface area contributed by atoms with Gasteiger partial charge in [-0.2, -0.15) is 4.39 Å². The third-order valence-corrected chi connectivity index (χ3v) is 8.38. The summed E-state index contributed by atoms with van der Waals surface area (Å²) < 4.78 is 73.6. The Bertz CT molecular complexity index is 1970. The molecular weight excluding hydrogens is 626 g/mol. The SMILES string of the molecule is CCOC(=O)c1ccc(S(=O)(=O)c2ccc(Oc3c(F)cnc(Oc4cc(C(=N)N)ccc4O)c3F)c(C3N=CCN3C)c2)nc1. The molecule has 4 aromatic rings. The Labute approximate surface area is 261 Å². The number of benzene rings is 2. The molecule has 1 unspecified atom stereocenters. The quantitative estimate of drug-likeness (QED) is 0.125. The number of esters is 1. The van der Waals surface area contributed by atoms with Gasteiger partial charge in [-0.25, -0.2) is 27.6 Å². The smallest absolute Gasteiger partial charge is 0.339 e. The second kappa shape index (κ2) is 12.9. The first-order valence-electron chi connectivity index (χ1n) is 13.5. The number of sulfone groups is 1. The minimum Gasteiger partial charge on any atom is -0.504 e. The van der Waals surface area contributed by atoms with Gasteiger partial charge in [0.1, 0.15) is 17.8 Å². The van der Waals surface area contributed by atoms with Gasteiger partial charge in [0.15, 0.2) is 22.3 Å². The van der Waals surface area contributed by atoms with Crippen LogP contribution in [0.3, 0.4) is 0 Å². The molecule has 2 aromatic heterocycles. The highest BCUT2D eigenvalue weighted by Gasteiger charge is 2.29. The zero-order chi connectivity index (χ0) is 33.2. The number of nitrogens with two attached hydrogens (primary N) is 1. The molecule has 0 bridgehead atoms. The molecule has 46 heavy (non-hydrogen) atoms. The Kier molecular flexibility index (Phi) is 8.93. The van der Waals surface area contributed by atoms with E-state index < -0.39 is 51.0 Å². The number of phenols is 1. The fourth-order valence-corrected chi connectivity index (χ4v) is 5.58. The molecule has 5 rings (SSSR count). The largest absolute Gasteiger partial charge is 0.504 e. The number of nitrogens with zero attached hydrogens (tertiary/aromatic N) is 4. The monoisotopic (exact) mass is 652 g/mol. The van der Waals surface area contributed by atoms with Crippen LogP contribution in [-0.2, 0) is 14.6 Å². The second-order valence-corrected chi connectivity index (χ2v) is 11.7. The highest BCUT2D eigenvalue weighted by Crippen LogP contribution is 2.40. The van der Waals surface area contributed by atoms with Gasteiger partial charge in [0, 0.05) is 30.1 Å². The van der Waals surface area contributed by atoms with Crippen molar-refractivity contribution in [1.29, 1.82) is 5.41 Å². The number of hydrogen-bond acceptors (Lipinski definition) is 12. The normalized spacial score (nSPS) is 14.7. The lowest BCUT2D eigenvalue weighted by atomic mass is 10.1. The van der Waals surface area contributed by atoms with Crippen LogP contribution < -0.4 is 15.2 Å².